The second kappa shape index (κ2) is 3.49. The molecule has 0 saturated carbocycles. The Kier molecular flexibility index (Phi) is 2.74. The predicted molar refractivity (Wildman–Crippen MR) is 55.5 cm³/mol. The topological polar surface area (TPSA) is 17.1 Å². The first kappa shape index (κ1) is 10.2. The Morgan fingerprint density at radius 1 is 1.69 bits per heavy atom. The minimum absolute atomic E-state index is 0.111. The van der Waals surface area contributed by atoms with Crippen LogP contribution in [0, 0.1) is 11.3 Å². The van der Waals surface area contributed by atoms with Crippen molar-refractivity contribution >= 4 is 6.29 Å². The summed E-state index contributed by atoms with van der Waals surface area (Å²) in [5.41, 5.74) is 2.55. The van der Waals surface area contributed by atoms with Gasteiger partial charge in [-0.3, -0.25) is 0 Å². The van der Waals surface area contributed by atoms with Crippen molar-refractivity contribution in [2.75, 3.05) is 0 Å². The van der Waals surface area contributed by atoms with Crippen molar-refractivity contribution in [1.82, 2.24) is 0 Å². The van der Waals surface area contributed by atoms with Crippen molar-refractivity contribution in [3.8, 4) is 0 Å². The average Bonchev–Trinajstić information content (AvgIpc) is 2.03. The second-order valence-corrected chi connectivity index (χ2v) is 4.58. The monoisotopic (exact) mass is 178 g/mol. The molecule has 0 spiro atoms. The van der Waals surface area contributed by atoms with Crippen LogP contribution in [0.4, 0.5) is 0 Å². The third-order valence-electron chi connectivity index (χ3n) is 2.85. The molecule has 1 aliphatic carbocycles. The maximum absolute atomic E-state index is 10.7. The fraction of sp³-hybridized carbons (Fsp3) is 0.583. The van der Waals surface area contributed by atoms with Crippen molar-refractivity contribution in [2.45, 2.75) is 33.6 Å². The van der Waals surface area contributed by atoms with Gasteiger partial charge in [0.2, 0.25) is 0 Å². The Morgan fingerprint density at radius 2 is 2.31 bits per heavy atom. The average molecular weight is 178 g/mol. The maximum Gasteiger partial charge on any atom is 0.126 e. The zero-order valence-electron chi connectivity index (χ0n) is 8.76. The summed E-state index contributed by atoms with van der Waals surface area (Å²) in [5.74, 6) is 0.111. The molecule has 1 nitrogen and oxygen atoms in total. The third-order valence-corrected chi connectivity index (χ3v) is 2.85. The van der Waals surface area contributed by atoms with Crippen LogP contribution >= 0.6 is 0 Å². The van der Waals surface area contributed by atoms with Crippen molar-refractivity contribution < 1.29 is 4.79 Å². The van der Waals surface area contributed by atoms with Crippen LogP contribution in [0.5, 0.6) is 0 Å². The summed E-state index contributed by atoms with van der Waals surface area (Å²) >= 11 is 0. The van der Waals surface area contributed by atoms with E-state index in [1.54, 1.807) is 0 Å². The van der Waals surface area contributed by atoms with Gasteiger partial charge in [0.15, 0.2) is 0 Å². The zero-order chi connectivity index (χ0) is 10.1. The molecule has 1 atom stereocenters. The lowest BCUT2D eigenvalue weighted by atomic mass is 9.71. The van der Waals surface area contributed by atoms with Gasteiger partial charge in [-0.1, -0.05) is 32.1 Å². The highest BCUT2D eigenvalue weighted by molar-refractivity contribution is 5.58. The molecule has 0 aromatic rings. The van der Waals surface area contributed by atoms with Crippen LogP contribution in [0.25, 0.3) is 0 Å². The van der Waals surface area contributed by atoms with Crippen LogP contribution < -0.4 is 0 Å². The summed E-state index contributed by atoms with van der Waals surface area (Å²) in [4.78, 5) is 10.7. The number of hydrogen-bond acceptors (Lipinski definition) is 1. The van der Waals surface area contributed by atoms with Crippen molar-refractivity contribution in [1.29, 1.82) is 0 Å². The molecule has 0 saturated heterocycles. The van der Waals surface area contributed by atoms with Gasteiger partial charge in [-0.15, -0.1) is 0 Å². The number of allylic oxidation sites excluding steroid dienone is 3. The first-order valence-electron chi connectivity index (χ1n) is 4.81. The first-order valence-corrected chi connectivity index (χ1v) is 4.81. The highest BCUT2D eigenvalue weighted by Gasteiger charge is 2.29. The molecule has 0 aromatic carbocycles. The van der Waals surface area contributed by atoms with E-state index >= 15 is 0 Å². The number of carbonyl (C=O) groups excluding carboxylic acids is 1. The summed E-state index contributed by atoms with van der Waals surface area (Å²) in [5, 5.41) is 0. The van der Waals surface area contributed by atoms with Crippen molar-refractivity contribution in [2.24, 2.45) is 11.3 Å². The van der Waals surface area contributed by atoms with E-state index in [1.807, 2.05) is 6.92 Å². The van der Waals surface area contributed by atoms with E-state index in [0.717, 1.165) is 24.7 Å². The molecule has 0 bridgehead atoms. The quantitative estimate of drug-likeness (QED) is 0.594. The normalized spacial score (nSPS) is 26.4. The molecular weight excluding hydrogens is 160 g/mol. The third kappa shape index (κ3) is 2.09. The Balaban J connectivity index is 3.00. The van der Waals surface area contributed by atoms with E-state index in [1.165, 1.54) is 5.57 Å². The molecule has 0 N–H and O–H groups in total. The standard InChI is InChI=1S/C12H18O/c1-9(2)11-7-10(8-13)5-6-12(11,3)4/h7-8,10H,1,5-6H2,2-4H3. The van der Waals surface area contributed by atoms with Gasteiger partial charge in [0.1, 0.15) is 6.29 Å². The number of aldehydes is 1. The molecule has 0 heterocycles. The van der Waals surface area contributed by atoms with E-state index in [2.05, 4.69) is 26.5 Å². The highest BCUT2D eigenvalue weighted by atomic mass is 16.1. The minimum Gasteiger partial charge on any atom is -0.303 e. The van der Waals surface area contributed by atoms with Gasteiger partial charge in [0.05, 0.1) is 0 Å². The Bertz CT molecular complexity index is 258. The highest BCUT2D eigenvalue weighted by Crippen LogP contribution is 2.41. The van der Waals surface area contributed by atoms with Gasteiger partial charge in [0.25, 0.3) is 0 Å². The first-order chi connectivity index (χ1) is 5.97. The lowest BCUT2D eigenvalue weighted by Crippen LogP contribution is -2.23. The number of carbonyl (C=O) groups is 1. The molecule has 0 radical (unpaired) electrons. The molecule has 1 unspecified atom stereocenters. The summed E-state index contributed by atoms with van der Waals surface area (Å²) < 4.78 is 0. The SMILES string of the molecule is C=C(C)C1=CC(C=O)CCC1(C)C. The van der Waals surface area contributed by atoms with Crippen LogP contribution in [0.2, 0.25) is 0 Å². The van der Waals surface area contributed by atoms with E-state index in [0.29, 0.717) is 0 Å². The number of rotatable bonds is 2. The lowest BCUT2D eigenvalue weighted by Gasteiger charge is -2.34. The van der Waals surface area contributed by atoms with Gasteiger partial charge < -0.3 is 4.79 Å². The van der Waals surface area contributed by atoms with Crippen LogP contribution in [-0.4, -0.2) is 6.29 Å². The number of hydrogen-bond donors (Lipinski definition) is 0. The molecule has 13 heavy (non-hydrogen) atoms. The Hall–Kier alpha value is -0.850. The molecule has 1 rings (SSSR count). The van der Waals surface area contributed by atoms with E-state index in [4.69, 9.17) is 0 Å². The van der Waals surface area contributed by atoms with E-state index in [9.17, 15) is 4.79 Å². The summed E-state index contributed by atoms with van der Waals surface area (Å²) in [6.07, 6.45) is 5.18. The maximum atomic E-state index is 10.7. The fourth-order valence-corrected chi connectivity index (χ4v) is 2.01. The van der Waals surface area contributed by atoms with Crippen LogP contribution in [0.3, 0.4) is 0 Å². The molecular formula is C12H18O. The van der Waals surface area contributed by atoms with Gasteiger partial charge in [-0.05, 0) is 30.8 Å². The molecule has 0 aromatic heterocycles. The van der Waals surface area contributed by atoms with Crippen molar-refractivity contribution in [3.63, 3.8) is 0 Å². The predicted octanol–water partition coefficient (Wildman–Crippen LogP) is 3.12. The molecule has 0 fully saturated rings. The van der Waals surface area contributed by atoms with Gasteiger partial charge >= 0.3 is 0 Å². The van der Waals surface area contributed by atoms with E-state index in [-0.39, 0.29) is 11.3 Å². The van der Waals surface area contributed by atoms with Gasteiger partial charge in [-0.2, -0.15) is 0 Å². The Morgan fingerprint density at radius 3 is 2.77 bits per heavy atom. The molecule has 1 heteroatoms. The summed E-state index contributed by atoms with van der Waals surface area (Å²) in [6.45, 7) is 10.4. The van der Waals surface area contributed by atoms with Crippen LogP contribution in [0.15, 0.2) is 23.8 Å². The lowest BCUT2D eigenvalue weighted by molar-refractivity contribution is -0.110. The van der Waals surface area contributed by atoms with Crippen LogP contribution in [-0.2, 0) is 4.79 Å². The van der Waals surface area contributed by atoms with Crippen molar-refractivity contribution in [3.05, 3.63) is 23.8 Å². The zero-order valence-corrected chi connectivity index (χ0v) is 8.76. The molecule has 1 aliphatic rings. The summed E-state index contributed by atoms with van der Waals surface area (Å²) in [7, 11) is 0. The molecule has 0 amide bonds. The largest absolute Gasteiger partial charge is 0.303 e. The van der Waals surface area contributed by atoms with Gasteiger partial charge in [0, 0.05) is 5.92 Å². The molecule has 0 aliphatic heterocycles. The van der Waals surface area contributed by atoms with Crippen LogP contribution in [0.1, 0.15) is 33.6 Å². The molecule has 72 valence electrons. The van der Waals surface area contributed by atoms with E-state index < -0.39 is 0 Å². The fourth-order valence-electron chi connectivity index (χ4n) is 2.01. The minimum atomic E-state index is 0.111. The smallest absolute Gasteiger partial charge is 0.126 e. The van der Waals surface area contributed by atoms with Gasteiger partial charge in [-0.25, -0.2) is 0 Å². The Labute approximate surface area is 80.5 Å². The summed E-state index contributed by atoms with van der Waals surface area (Å²) in [6, 6.07) is 0. The second-order valence-electron chi connectivity index (χ2n) is 4.58.